The van der Waals surface area contributed by atoms with Crippen molar-refractivity contribution in [3.63, 3.8) is 0 Å². The summed E-state index contributed by atoms with van der Waals surface area (Å²) in [6.45, 7) is 2.95. The summed E-state index contributed by atoms with van der Waals surface area (Å²) in [6.07, 6.45) is 10.1. The summed E-state index contributed by atoms with van der Waals surface area (Å²) in [5, 5.41) is 10.5. The van der Waals surface area contributed by atoms with E-state index in [-0.39, 0.29) is 0 Å². The second-order valence-electron chi connectivity index (χ2n) is 6.86. The van der Waals surface area contributed by atoms with Gasteiger partial charge >= 0.3 is 0 Å². The quantitative estimate of drug-likeness (QED) is 0.725. The summed E-state index contributed by atoms with van der Waals surface area (Å²) in [6, 6.07) is 0.873. The van der Waals surface area contributed by atoms with Gasteiger partial charge < -0.3 is 15.7 Å². The Morgan fingerprint density at radius 3 is 2.56 bits per heavy atom. The molecule has 104 valence electrons. The molecule has 2 unspecified atom stereocenters. The van der Waals surface area contributed by atoms with Crippen LogP contribution in [0.1, 0.15) is 51.4 Å². The highest BCUT2D eigenvalue weighted by Crippen LogP contribution is 2.39. The number of aliphatic hydroxyl groups is 1. The summed E-state index contributed by atoms with van der Waals surface area (Å²) in [4.78, 5) is 2.70. The van der Waals surface area contributed by atoms with Crippen LogP contribution in [0.5, 0.6) is 0 Å². The minimum absolute atomic E-state index is 0.447. The molecular weight excluding hydrogens is 224 g/mol. The van der Waals surface area contributed by atoms with Crippen LogP contribution < -0.4 is 5.73 Å². The van der Waals surface area contributed by atoms with Gasteiger partial charge in [-0.1, -0.05) is 6.42 Å². The van der Waals surface area contributed by atoms with Crippen LogP contribution in [0.4, 0.5) is 0 Å². The highest BCUT2D eigenvalue weighted by molar-refractivity contribution is 4.95. The molecule has 0 amide bonds. The molecule has 0 aromatic rings. The van der Waals surface area contributed by atoms with Crippen molar-refractivity contribution >= 4 is 0 Å². The lowest BCUT2D eigenvalue weighted by molar-refractivity contribution is 0.00410. The molecule has 3 aliphatic carbocycles. The van der Waals surface area contributed by atoms with Gasteiger partial charge in [-0.2, -0.15) is 0 Å². The van der Waals surface area contributed by atoms with Crippen LogP contribution in [-0.2, 0) is 0 Å². The zero-order valence-corrected chi connectivity index (χ0v) is 11.5. The molecule has 3 heteroatoms. The van der Waals surface area contributed by atoms with Crippen LogP contribution in [0, 0.1) is 11.8 Å². The van der Waals surface area contributed by atoms with Gasteiger partial charge in [0.1, 0.15) is 0 Å². The van der Waals surface area contributed by atoms with Crippen molar-refractivity contribution in [2.45, 2.75) is 63.0 Å². The summed E-state index contributed by atoms with van der Waals surface area (Å²) in [5.74, 6) is 1.44. The summed E-state index contributed by atoms with van der Waals surface area (Å²) < 4.78 is 0. The molecule has 3 nitrogen and oxygen atoms in total. The first kappa shape index (κ1) is 12.9. The average Bonchev–Trinajstić information content (AvgIpc) is 3.24. The van der Waals surface area contributed by atoms with E-state index in [1.807, 2.05) is 0 Å². The van der Waals surface area contributed by atoms with Crippen LogP contribution in [0.3, 0.4) is 0 Å². The molecule has 3 N–H and O–H groups in total. The van der Waals surface area contributed by atoms with Crippen molar-refractivity contribution in [3.8, 4) is 0 Å². The topological polar surface area (TPSA) is 49.5 Å². The van der Waals surface area contributed by atoms with Crippen LogP contribution in [0.2, 0.25) is 0 Å². The summed E-state index contributed by atoms with van der Waals surface area (Å²) in [5.41, 5.74) is 5.22. The van der Waals surface area contributed by atoms with Crippen molar-refractivity contribution in [1.29, 1.82) is 0 Å². The van der Waals surface area contributed by atoms with Gasteiger partial charge in [-0.05, 0) is 63.3 Å². The lowest BCUT2D eigenvalue weighted by Gasteiger charge is -2.31. The molecule has 0 radical (unpaired) electrons. The van der Waals surface area contributed by atoms with Gasteiger partial charge in [0.25, 0.3) is 0 Å². The highest BCUT2D eigenvalue weighted by atomic mass is 16.3. The highest BCUT2D eigenvalue weighted by Gasteiger charge is 2.40. The van der Waals surface area contributed by atoms with E-state index in [1.165, 1.54) is 45.2 Å². The number of hydrogen-bond acceptors (Lipinski definition) is 3. The van der Waals surface area contributed by atoms with Crippen molar-refractivity contribution in [2.24, 2.45) is 17.6 Å². The van der Waals surface area contributed by atoms with Gasteiger partial charge in [-0.3, -0.25) is 0 Å². The van der Waals surface area contributed by atoms with Crippen molar-refractivity contribution < 1.29 is 5.11 Å². The summed E-state index contributed by atoms with van der Waals surface area (Å²) in [7, 11) is 0. The monoisotopic (exact) mass is 252 g/mol. The first-order valence-corrected chi connectivity index (χ1v) is 7.88. The zero-order valence-electron chi connectivity index (χ0n) is 11.5. The number of rotatable bonds is 7. The second kappa shape index (κ2) is 5.10. The predicted molar refractivity (Wildman–Crippen MR) is 73.3 cm³/mol. The lowest BCUT2D eigenvalue weighted by Crippen LogP contribution is -2.42. The summed E-state index contributed by atoms with van der Waals surface area (Å²) >= 11 is 0. The number of hydrogen-bond donors (Lipinski definition) is 2. The Morgan fingerprint density at radius 2 is 1.94 bits per heavy atom. The fourth-order valence-electron chi connectivity index (χ4n) is 3.63. The van der Waals surface area contributed by atoms with Gasteiger partial charge in [-0.25, -0.2) is 0 Å². The van der Waals surface area contributed by atoms with E-state index in [0.717, 1.165) is 31.2 Å². The first-order chi connectivity index (χ1) is 8.71. The Morgan fingerprint density at radius 1 is 1.17 bits per heavy atom. The van der Waals surface area contributed by atoms with Crippen LogP contribution >= 0.6 is 0 Å². The van der Waals surface area contributed by atoms with E-state index in [9.17, 15) is 5.11 Å². The molecule has 0 aromatic heterocycles. The molecule has 3 rings (SSSR count). The van der Waals surface area contributed by atoms with Gasteiger partial charge in [0.05, 0.1) is 5.60 Å². The van der Waals surface area contributed by atoms with E-state index in [4.69, 9.17) is 5.73 Å². The minimum atomic E-state index is -0.547. The molecule has 0 saturated heterocycles. The molecular formula is C15H28N2O. The molecule has 0 aliphatic heterocycles. The molecule has 2 atom stereocenters. The average molecular weight is 252 g/mol. The fourth-order valence-corrected chi connectivity index (χ4v) is 3.63. The molecule has 0 aromatic carbocycles. The normalized spacial score (nSPS) is 36.5. The van der Waals surface area contributed by atoms with Crippen LogP contribution in [0.15, 0.2) is 0 Å². The Labute approximate surface area is 111 Å². The smallest absolute Gasteiger partial charge is 0.0797 e. The maximum Gasteiger partial charge on any atom is 0.0797 e. The predicted octanol–water partition coefficient (Wildman–Crippen LogP) is 1.74. The molecule has 3 fully saturated rings. The Bertz CT molecular complexity index is 288. The molecule has 3 saturated carbocycles. The lowest BCUT2D eigenvalue weighted by atomic mass is 9.88. The zero-order chi connectivity index (χ0) is 12.6. The fraction of sp³-hybridized carbons (Fsp3) is 1.00. The van der Waals surface area contributed by atoms with Crippen molar-refractivity contribution in [2.75, 3.05) is 19.6 Å². The maximum absolute atomic E-state index is 10.5. The van der Waals surface area contributed by atoms with Crippen molar-refractivity contribution in [3.05, 3.63) is 0 Å². The Hall–Kier alpha value is -0.120. The molecule has 0 bridgehead atoms. The van der Waals surface area contributed by atoms with Gasteiger partial charge in [0.15, 0.2) is 0 Å². The van der Waals surface area contributed by atoms with E-state index in [0.29, 0.717) is 12.5 Å². The van der Waals surface area contributed by atoms with E-state index in [2.05, 4.69) is 4.90 Å². The van der Waals surface area contributed by atoms with Gasteiger partial charge in [0.2, 0.25) is 0 Å². The minimum Gasteiger partial charge on any atom is -0.388 e. The van der Waals surface area contributed by atoms with Crippen molar-refractivity contribution in [1.82, 2.24) is 4.90 Å². The van der Waals surface area contributed by atoms with Gasteiger partial charge in [0, 0.05) is 19.1 Å². The van der Waals surface area contributed by atoms with E-state index in [1.54, 1.807) is 0 Å². The Balaban J connectivity index is 1.49. The second-order valence-corrected chi connectivity index (χ2v) is 6.86. The van der Waals surface area contributed by atoms with E-state index < -0.39 is 5.60 Å². The SMILES string of the molecule is NCC1(O)CCCC1CCN(CC1CC1)C1CC1. The standard InChI is InChI=1S/C15H28N2O/c16-11-15(18)8-1-2-13(15)7-9-17(14-5-6-14)10-12-3-4-12/h12-14,18H,1-11,16H2. The first-order valence-electron chi connectivity index (χ1n) is 7.88. The van der Waals surface area contributed by atoms with Crippen LogP contribution in [-0.4, -0.2) is 41.3 Å². The molecule has 18 heavy (non-hydrogen) atoms. The third-order valence-corrected chi connectivity index (χ3v) is 5.29. The molecule has 0 spiro atoms. The maximum atomic E-state index is 10.5. The molecule has 3 aliphatic rings. The third kappa shape index (κ3) is 2.89. The Kier molecular flexibility index (Phi) is 3.65. The number of nitrogens with two attached hydrogens (primary N) is 1. The van der Waals surface area contributed by atoms with Crippen LogP contribution in [0.25, 0.3) is 0 Å². The largest absolute Gasteiger partial charge is 0.388 e. The van der Waals surface area contributed by atoms with E-state index >= 15 is 0 Å². The van der Waals surface area contributed by atoms with Gasteiger partial charge in [-0.15, -0.1) is 0 Å². The number of nitrogens with zero attached hydrogens (tertiary/aromatic N) is 1. The third-order valence-electron chi connectivity index (χ3n) is 5.29. The molecule has 0 heterocycles.